The highest BCUT2D eigenvalue weighted by Gasteiger charge is 2.12. The largest absolute Gasteiger partial charge is 0.436 e. The predicted octanol–water partition coefficient (Wildman–Crippen LogP) is 6.36. The van der Waals surface area contributed by atoms with Crippen LogP contribution in [-0.2, 0) is 0 Å². The van der Waals surface area contributed by atoms with Crippen molar-refractivity contribution >= 4 is 45.9 Å². The van der Waals surface area contributed by atoms with E-state index < -0.39 is 0 Å². The SMILES string of the molecule is Cc1ccc2nc(-c3ccc(NC(=O)c4cc(Cl)ccc4Cl)cc3)oc2c1. The third kappa shape index (κ3) is 3.68. The van der Waals surface area contributed by atoms with Gasteiger partial charge in [0.1, 0.15) is 5.52 Å². The van der Waals surface area contributed by atoms with Crippen LogP contribution in [-0.4, -0.2) is 10.9 Å². The number of aryl methyl sites for hydroxylation is 1. The van der Waals surface area contributed by atoms with Crippen LogP contribution in [0.15, 0.2) is 65.1 Å². The van der Waals surface area contributed by atoms with Crippen molar-refractivity contribution in [1.82, 2.24) is 4.98 Å². The van der Waals surface area contributed by atoms with E-state index in [9.17, 15) is 4.79 Å². The van der Waals surface area contributed by atoms with Gasteiger partial charge in [0.05, 0.1) is 10.6 Å². The number of amides is 1. The molecule has 0 aliphatic heterocycles. The van der Waals surface area contributed by atoms with Crippen molar-refractivity contribution in [2.24, 2.45) is 0 Å². The van der Waals surface area contributed by atoms with E-state index in [1.165, 1.54) is 6.07 Å². The molecular weight excluding hydrogens is 383 g/mol. The highest BCUT2D eigenvalue weighted by atomic mass is 35.5. The van der Waals surface area contributed by atoms with E-state index in [4.69, 9.17) is 27.6 Å². The summed E-state index contributed by atoms with van der Waals surface area (Å²) in [4.78, 5) is 16.9. The van der Waals surface area contributed by atoms with Gasteiger partial charge in [-0.1, -0.05) is 29.3 Å². The van der Waals surface area contributed by atoms with Crippen molar-refractivity contribution in [3.05, 3.63) is 81.8 Å². The van der Waals surface area contributed by atoms with Gasteiger partial charge in [0.25, 0.3) is 5.91 Å². The van der Waals surface area contributed by atoms with E-state index in [2.05, 4.69) is 10.3 Å². The maximum Gasteiger partial charge on any atom is 0.257 e. The van der Waals surface area contributed by atoms with Crippen LogP contribution in [0.1, 0.15) is 15.9 Å². The van der Waals surface area contributed by atoms with Crippen molar-refractivity contribution in [3.63, 3.8) is 0 Å². The number of nitrogens with zero attached hydrogens (tertiary/aromatic N) is 1. The van der Waals surface area contributed by atoms with E-state index in [0.29, 0.717) is 27.2 Å². The molecule has 1 N–H and O–H groups in total. The van der Waals surface area contributed by atoms with Crippen molar-refractivity contribution in [1.29, 1.82) is 0 Å². The summed E-state index contributed by atoms with van der Waals surface area (Å²) in [5.41, 5.74) is 4.45. The number of benzene rings is 3. The molecule has 0 bridgehead atoms. The number of carbonyl (C=O) groups excluding carboxylic acids is 1. The minimum absolute atomic E-state index is 0.322. The summed E-state index contributed by atoms with van der Waals surface area (Å²) in [5, 5.41) is 3.60. The molecule has 4 aromatic rings. The summed E-state index contributed by atoms with van der Waals surface area (Å²) >= 11 is 12.0. The van der Waals surface area contributed by atoms with Crippen LogP contribution in [0.4, 0.5) is 5.69 Å². The van der Waals surface area contributed by atoms with Gasteiger partial charge in [-0.05, 0) is 67.1 Å². The zero-order chi connectivity index (χ0) is 19.0. The van der Waals surface area contributed by atoms with Gasteiger partial charge in [-0.15, -0.1) is 0 Å². The third-order valence-electron chi connectivity index (χ3n) is 4.11. The zero-order valence-corrected chi connectivity index (χ0v) is 15.8. The molecule has 1 amide bonds. The molecule has 0 unspecified atom stereocenters. The van der Waals surface area contributed by atoms with Gasteiger partial charge >= 0.3 is 0 Å². The number of anilines is 1. The van der Waals surface area contributed by atoms with Gasteiger partial charge in [-0.2, -0.15) is 0 Å². The molecule has 0 spiro atoms. The Kier molecular flexibility index (Phi) is 4.60. The molecule has 0 radical (unpaired) electrons. The fourth-order valence-electron chi connectivity index (χ4n) is 2.72. The molecule has 0 fully saturated rings. The smallest absolute Gasteiger partial charge is 0.257 e. The average molecular weight is 397 g/mol. The minimum atomic E-state index is -0.326. The monoisotopic (exact) mass is 396 g/mol. The second kappa shape index (κ2) is 7.06. The minimum Gasteiger partial charge on any atom is -0.436 e. The van der Waals surface area contributed by atoms with E-state index in [-0.39, 0.29) is 5.91 Å². The number of aromatic nitrogens is 1. The van der Waals surface area contributed by atoms with E-state index in [0.717, 1.165) is 22.2 Å². The number of nitrogens with one attached hydrogen (secondary N) is 1. The fraction of sp³-hybridized carbons (Fsp3) is 0.0476. The lowest BCUT2D eigenvalue weighted by Crippen LogP contribution is -2.12. The first-order valence-corrected chi connectivity index (χ1v) is 8.99. The molecular formula is C21H14Cl2N2O2. The lowest BCUT2D eigenvalue weighted by Gasteiger charge is -2.07. The second-order valence-electron chi connectivity index (χ2n) is 6.15. The Bertz CT molecular complexity index is 1150. The summed E-state index contributed by atoms with van der Waals surface area (Å²) < 4.78 is 5.82. The number of rotatable bonds is 3. The Balaban J connectivity index is 1.56. The predicted molar refractivity (Wildman–Crippen MR) is 109 cm³/mol. The summed E-state index contributed by atoms with van der Waals surface area (Å²) in [6.07, 6.45) is 0. The Morgan fingerprint density at radius 3 is 2.56 bits per heavy atom. The van der Waals surface area contributed by atoms with Crippen LogP contribution >= 0.6 is 23.2 Å². The molecule has 0 aliphatic rings. The van der Waals surface area contributed by atoms with Gasteiger partial charge in [0.2, 0.25) is 5.89 Å². The molecule has 1 heterocycles. The fourth-order valence-corrected chi connectivity index (χ4v) is 3.10. The van der Waals surface area contributed by atoms with E-state index in [1.807, 2.05) is 37.3 Å². The highest BCUT2D eigenvalue weighted by Crippen LogP contribution is 2.27. The Labute approximate surface area is 165 Å². The lowest BCUT2D eigenvalue weighted by molar-refractivity contribution is 0.102. The van der Waals surface area contributed by atoms with Crippen LogP contribution in [0.2, 0.25) is 10.0 Å². The van der Waals surface area contributed by atoms with Crippen molar-refractivity contribution < 1.29 is 9.21 Å². The normalized spacial score (nSPS) is 10.9. The van der Waals surface area contributed by atoms with Crippen LogP contribution < -0.4 is 5.32 Å². The van der Waals surface area contributed by atoms with Crippen LogP contribution in [0.3, 0.4) is 0 Å². The molecule has 27 heavy (non-hydrogen) atoms. The molecule has 0 saturated carbocycles. The maximum absolute atomic E-state index is 12.4. The summed E-state index contributed by atoms with van der Waals surface area (Å²) in [7, 11) is 0. The highest BCUT2D eigenvalue weighted by molar-refractivity contribution is 6.36. The number of oxazole rings is 1. The standard InChI is InChI=1S/C21H14Cl2N2O2/c1-12-2-9-18-19(10-12)27-21(25-18)13-3-6-15(7-4-13)24-20(26)16-11-14(22)5-8-17(16)23/h2-11H,1H3,(H,24,26). The zero-order valence-electron chi connectivity index (χ0n) is 14.3. The number of halogens is 2. The quantitative estimate of drug-likeness (QED) is 0.438. The number of fused-ring (bicyclic) bond motifs is 1. The van der Waals surface area contributed by atoms with Gasteiger partial charge in [-0.25, -0.2) is 4.98 Å². The van der Waals surface area contributed by atoms with E-state index in [1.54, 1.807) is 24.3 Å². The Morgan fingerprint density at radius 2 is 1.78 bits per heavy atom. The molecule has 6 heteroatoms. The molecule has 3 aromatic carbocycles. The molecule has 4 nitrogen and oxygen atoms in total. The van der Waals surface area contributed by atoms with Crippen molar-refractivity contribution in [2.45, 2.75) is 6.92 Å². The topological polar surface area (TPSA) is 55.1 Å². The second-order valence-corrected chi connectivity index (χ2v) is 6.99. The first-order valence-electron chi connectivity index (χ1n) is 8.23. The van der Waals surface area contributed by atoms with Crippen molar-refractivity contribution in [2.75, 3.05) is 5.32 Å². The Hall–Kier alpha value is -2.82. The number of carbonyl (C=O) groups is 1. The maximum atomic E-state index is 12.4. The molecule has 0 aliphatic carbocycles. The van der Waals surface area contributed by atoms with Crippen LogP contribution in [0.25, 0.3) is 22.6 Å². The summed E-state index contributed by atoms with van der Waals surface area (Å²) in [6.45, 7) is 2.01. The Morgan fingerprint density at radius 1 is 1.00 bits per heavy atom. The van der Waals surface area contributed by atoms with Crippen LogP contribution in [0.5, 0.6) is 0 Å². The first kappa shape index (κ1) is 17.6. The third-order valence-corrected chi connectivity index (χ3v) is 4.67. The van der Waals surface area contributed by atoms with E-state index >= 15 is 0 Å². The molecule has 0 saturated heterocycles. The summed E-state index contributed by atoms with van der Waals surface area (Å²) in [5.74, 6) is 0.207. The van der Waals surface area contributed by atoms with Gasteiger partial charge in [0.15, 0.2) is 5.58 Å². The molecule has 4 rings (SSSR count). The average Bonchev–Trinajstić information content (AvgIpc) is 3.07. The molecule has 1 aromatic heterocycles. The first-order chi connectivity index (χ1) is 13.0. The molecule has 0 atom stereocenters. The number of hydrogen-bond donors (Lipinski definition) is 1. The van der Waals surface area contributed by atoms with Crippen molar-refractivity contribution in [3.8, 4) is 11.5 Å². The van der Waals surface area contributed by atoms with Gasteiger partial charge in [-0.3, -0.25) is 4.79 Å². The number of hydrogen-bond acceptors (Lipinski definition) is 3. The lowest BCUT2D eigenvalue weighted by atomic mass is 10.2. The summed E-state index contributed by atoms with van der Waals surface area (Å²) in [6, 6.07) is 17.9. The van der Waals surface area contributed by atoms with Crippen LogP contribution in [0, 0.1) is 6.92 Å². The van der Waals surface area contributed by atoms with Gasteiger partial charge < -0.3 is 9.73 Å². The van der Waals surface area contributed by atoms with Gasteiger partial charge in [0, 0.05) is 16.3 Å². The molecule has 134 valence electrons.